The number of carbonyl (C=O) groups excluding carboxylic acids is 2. The van der Waals surface area contributed by atoms with E-state index in [1.54, 1.807) is 6.07 Å². The second-order valence-electron chi connectivity index (χ2n) is 7.55. The minimum Gasteiger partial charge on any atom is -0.355 e. The fraction of sp³-hybridized carbons (Fsp3) is 0.600. The molecule has 1 aromatic carbocycles. The first kappa shape index (κ1) is 20.6. The molecule has 0 unspecified atom stereocenters. The number of benzene rings is 1. The van der Waals surface area contributed by atoms with Gasteiger partial charge in [-0.3, -0.25) is 9.59 Å². The summed E-state index contributed by atoms with van der Waals surface area (Å²) in [5.74, 6) is -0.527. The number of amides is 2. The van der Waals surface area contributed by atoms with Gasteiger partial charge in [-0.15, -0.1) is 0 Å². The minimum absolute atomic E-state index is 0.0826. The molecule has 0 saturated carbocycles. The summed E-state index contributed by atoms with van der Waals surface area (Å²) in [5, 5.41) is 2.94. The van der Waals surface area contributed by atoms with E-state index in [1.165, 1.54) is 23.8 Å². The summed E-state index contributed by atoms with van der Waals surface area (Å²) in [5.41, 5.74) is -0.316. The van der Waals surface area contributed by atoms with Crippen molar-refractivity contribution in [3.05, 3.63) is 35.4 Å². The van der Waals surface area contributed by atoms with E-state index in [0.717, 1.165) is 31.8 Å². The molecule has 2 amide bonds. The second kappa shape index (κ2) is 8.94. The smallest absolute Gasteiger partial charge is 0.355 e. The molecule has 3 rings (SSSR count). The molecule has 2 fully saturated rings. The summed E-state index contributed by atoms with van der Waals surface area (Å²) < 4.78 is 38.7. The molecule has 2 aliphatic rings. The van der Waals surface area contributed by atoms with Gasteiger partial charge in [-0.25, -0.2) is 0 Å². The molecule has 28 heavy (non-hydrogen) atoms. The van der Waals surface area contributed by atoms with Gasteiger partial charge in [-0.05, 0) is 50.0 Å². The SMILES string of the molecule is O=C(NCCN1CCCC1)[C@@H]1CCC(=O)N(Cc2cccc(C(F)(F)F)c2)C1. The molecule has 2 saturated heterocycles. The molecule has 154 valence electrons. The predicted molar refractivity (Wildman–Crippen MR) is 98.3 cm³/mol. The van der Waals surface area contributed by atoms with Gasteiger partial charge in [-0.2, -0.15) is 13.2 Å². The number of nitrogens with zero attached hydrogens (tertiary/aromatic N) is 2. The van der Waals surface area contributed by atoms with Crippen molar-refractivity contribution >= 4 is 11.8 Å². The molecule has 0 spiro atoms. The van der Waals surface area contributed by atoms with Crippen molar-refractivity contribution in [2.24, 2.45) is 5.92 Å². The first-order valence-corrected chi connectivity index (χ1v) is 9.77. The lowest BCUT2D eigenvalue weighted by Gasteiger charge is -2.32. The number of hydrogen-bond acceptors (Lipinski definition) is 3. The van der Waals surface area contributed by atoms with Crippen LogP contribution in [0.2, 0.25) is 0 Å². The van der Waals surface area contributed by atoms with Crippen molar-refractivity contribution in [1.29, 1.82) is 0 Å². The van der Waals surface area contributed by atoms with E-state index in [0.29, 0.717) is 18.5 Å². The van der Waals surface area contributed by atoms with Crippen LogP contribution in [-0.2, 0) is 22.3 Å². The number of hydrogen-bond donors (Lipinski definition) is 1. The van der Waals surface area contributed by atoms with Gasteiger partial charge >= 0.3 is 6.18 Å². The topological polar surface area (TPSA) is 52.7 Å². The Morgan fingerprint density at radius 2 is 1.96 bits per heavy atom. The van der Waals surface area contributed by atoms with Crippen LogP contribution in [0.1, 0.15) is 36.8 Å². The first-order valence-electron chi connectivity index (χ1n) is 9.77. The Hall–Kier alpha value is -2.09. The van der Waals surface area contributed by atoms with Crippen LogP contribution in [0.25, 0.3) is 0 Å². The van der Waals surface area contributed by atoms with Gasteiger partial charge in [0.15, 0.2) is 0 Å². The zero-order valence-electron chi connectivity index (χ0n) is 15.8. The Bertz CT molecular complexity index is 702. The molecule has 2 aliphatic heterocycles. The van der Waals surface area contributed by atoms with Crippen LogP contribution >= 0.6 is 0 Å². The highest BCUT2D eigenvalue weighted by Crippen LogP contribution is 2.30. The van der Waals surface area contributed by atoms with E-state index in [2.05, 4.69) is 10.2 Å². The molecule has 1 atom stereocenters. The van der Waals surface area contributed by atoms with Crippen molar-refractivity contribution in [2.45, 2.75) is 38.4 Å². The van der Waals surface area contributed by atoms with Crippen LogP contribution in [0, 0.1) is 5.92 Å². The molecular weight excluding hydrogens is 371 g/mol. The number of carbonyl (C=O) groups is 2. The molecule has 1 aromatic rings. The van der Waals surface area contributed by atoms with E-state index in [-0.39, 0.29) is 37.2 Å². The van der Waals surface area contributed by atoms with Crippen molar-refractivity contribution in [2.75, 3.05) is 32.7 Å². The summed E-state index contributed by atoms with van der Waals surface area (Å²) in [6, 6.07) is 4.99. The molecule has 8 heteroatoms. The maximum absolute atomic E-state index is 12.9. The maximum Gasteiger partial charge on any atom is 0.416 e. The largest absolute Gasteiger partial charge is 0.416 e. The molecular formula is C20H26F3N3O2. The Balaban J connectivity index is 1.53. The Morgan fingerprint density at radius 3 is 2.68 bits per heavy atom. The average molecular weight is 397 g/mol. The summed E-state index contributed by atoms with van der Waals surface area (Å²) in [7, 11) is 0. The van der Waals surface area contributed by atoms with E-state index in [9.17, 15) is 22.8 Å². The van der Waals surface area contributed by atoms with E-state index < -0.39 is 11.7 Å². The summed E-state index contributed by atoms with van der Waals surface area (Å²) in [6.45, 7) is 3.87. The lowest BCUT2D eigenvalue weighted by Crippen LogP contribution is -2.46. The molecule has 0 aromatic heterocycles. The van der Waals surface area contributed by atoms with Crippen LogP contribution in [0.3, 0.4) is 0 Å². The number of rotatable bonds is 6. The van der Waals surface area contributed by atoms with E-state index >= 15 is 0 Å². The van der Waals surface area contributed by atoms with Gasteiger partial charge in [-0.1, -0.05) is 12.1 Å². The molecule has 0 aliphatic carbocycles. The zero-order chi connectivity index (χ0) is 20.1. The maximum atomic E-state index is 12.9. The van der Waals surface area contributed by atoms with Crippen molar-refractivity contribution in [3.8, 4) is 0 Å². The fourth-order valence-corrected chi connectivity index (χ4v) is 3.84. The lowest BCUT2D eigenvalue weighted by atomic mass is 9.96. The second-order valence-corrected chi connectivity index (χ2v) is 7.55. The van der Waals surface area contributed by atoms with Crippen LogP contribution in [0.4, 0.5) is 13.2 Å². The van der Waals surface area contributed by atoms with Gasteiger partial charge < -0.3 is 15.1 Å². The van der Waals surface area contributed by atoms with Gasteiger partial charge in [0.1, 0.15) is 0 Å². The van der Waals surface area contributed by atoms with Crippen LogP contribution < -0.4 is 5.32 Å². The molecule has 0 bridgehead atoms. The first-order chi connectivity index (χ1) is 13.3. The highest BCUT2D eigenvalue weighted by Gasteiger charge is 2.32. The third-order valence-corrected chi connectivity index (χ3v) is 5.42. The minimum atomic E-state index is -4.42. The average Bonchev–Trinajstić information content (AvgIpc) is 3.16. The van der Waals surface area contributed by atoms with Gasteiger partial charge in [0.2, 0.25) is 11.8 Å². The lowest BCUT2D eigenvalue weighted by molar-refractivity contribution is -0.139. The number of likely N-dealkylation sites (tertiary alicyclic amines) is 2. The summed E-state index contributed by atoms with van der Waals surface area (Å²) in [6.07, 6.45) is -1.30. The summed E-state index contributed by atoms with van der Waals surface area (Å²) >= 11 is 0. The van der Waals surface area contributed by atoms with Gasteiger partial charge in [0, 0.05) is 32.6 Å². The standard InChI is InChI=1S/C20H26F3N3O2/c21-20(22,23)17-5-3-4-15(12-17)13-26-14-16(6-7-18(26)27)19(28)24-8-11-25-9-1-2-10-25/h3-5,12,16H,1-2,6-11,13-14H2,(H,24,28)/t16-/m1/s1. The Kier molecular flexibility index (Phi) is 6.59. The highest BCUT2D eigenvalue weighted by atomic mass is 19.4. The van der Waals surface area contributed by atoms with Crippen LogP contribution in [0.15, 0.2) is 24.3 Å². The van der Waals surface area contributed by atoms with E-state index in [1.807, 2.05) is 0 Å². The molecule has 1 N–H and O–H groups in total. The van der Waals surface area contributed by atoms with Crippen LogP contribution in [0.5, 0.6) is 0 Å². The predicted octanol–water partition coefficient (Wildman–Crippen LogP) is 2.66. The number of nitrogens with one attached hydrogen (secondary N) is 1. The molecule has 2 heterocycles. The van der Waals surface area contributed by atoms with Crippen molar-refractivity contribution in [3.63, 3.8) is 0 Å². The van der Waals surface area contributed by atoms with E-state index in [4.69, 9.17) is 0 Å². The normalized spacial score (nSPS) is 21.2. The number of halogens is 3. The number of alkyl halides is 3. The van der Waals surface area contributed by atoms with Crippen LogP contribution in [-0.4, -0.2) is 54.3 Å². The quantitative estimate of drug-likeness (QED) is 0.803. The van der Waals surface area contributed by atoms with Gasteiger partial charge in [0.05, 0.1) is 11.5 Å². The third kappa shape index (κ3) is 5.47. The Morgan fingerprint density at radius 1 is 1.21 bits per heavy atom. The molecule has 5 nitrogen and oxygen atoms in total. The molecule has 0 radical (unpaired) electrons. The zero-order valence-corrected chi connectivity index (χ0v) is 15.8. The Labute approximate surface area is 162 Å². The van der Waals surface area contributed by atoms with Crippen molar-refractivity contribution in [1.82, 2.24) is 15.1 Å². The van der Waals surface area contributed by atoms with Gasteiger partial charge in [0.25, 0.3) is 0 Å². The highest BCUT2D eigenvalue weighted by molar-refractivity contribution is 5.83. The third-order valence-electron chi connectivity index (χ3n) is 5.42. The van der Waals surface area contributed by atoms with Crippen molar-refractivity contribution < 1.29 is 22.8 Å². The summed E-state index contributed by atoms with van der Waals surface area (Å²) in [4.78, 5) is 28.4. The fourth-order valence-electron chi connectivity index (χ4n) is 3.84. The number of piperidine rings is 1. The monoisotopic (exact) mass is 397 g/mol.